The molecule has 1 atom stereocenters. The third kappa shape index (κ3) is 5.53. The third-order valence-electron chi connectivity index (χ3n) is 2.14. The first-order chi connectivity index (χ1) is 6.88. The van der Waals surface area contributed by atoms with E-state index in [1.807, 2.05) is 0 Å². The van der Waals surface area contributed by atoms with Crippen LogP contribution in [0.5, 0.6) is 0 Å². The first-order valence-corrected chi connectivity index (χ1v) is 4.49. The Balaban J connectivity index is 0.00000225. The van der Waals surface area contributed by atoms with Gasteiger partial charge < -0.3 is 9.84 Å². The standard InChI is InChI=1S/C8H12F3NO3.ClH/c9-8(10,11)5-12-1-2-15-4-6(12)3-7(13)14;/h6H,1-5H2,(H,13,14);1H. The van der Waals surface area contributed by atoms with Gasteiger partial charge in [-0.15, -0.1) is 12.4 Å². The zero-order chi connectivity index (χ0) is 11.5. The van der Waals surface area contributed by atoms with E-state index in [-0.39, 0.29) is 38.6 Å². The molecule has 0 bridgehead atoms. The van der Waals surface area contributed by atoms with Crippen LogP contribution in [0.4, 0.5) is 13.2 Å². The molecule has 0 aromatic heterocycles. The molecule has 0 aromatic carbocycles. The number of hydrogen-bond acceptors (Lipinski definition) is 3. The van der Waals surface area contributed by atoms with Gasteiger partial charge >= 0.3 is 12.1 Å². The second kappa shape index (κ2) is 6.27. The average molecular weight is 264 g/mol. The zero-order valence-electron chi connectivity index (χ0n) is 8.37. The van der Waals surface area contributed by atoms with Crippen molar-refractivity contribution in [2.45, 2.75) is 18.6 Å². The van der Waals surface area contributed by atoms with Crippen molar-refractivity contribution >= 4 is 18.4 Å². The van der Waals surface area contributed by atoms with Gasteiger partial charge in [-0.25, -0.2) is 0 Å². The topological polar surface area (TPSA) is 49.8 Å². The molecule has 1 rings (SSSR count). The molecule has 4 nitrogen and oxygen atoms in total. The predicted molar refractivity (Wildman–Crippen MR) is 51.7 cm³/mol. The van der Waals surface area contributed by atoms with Gasteiger partial charge in [0, 0.05) is 12.6 Å². The maximum atomic E-state index is 12.1. The molecule has 1 aliphatic rings. The van der Waals surface area contributed by atoms with E-state index >= 15 is 0 Å². The van der Waals surface area contributed by atoms with E-state index in [0.29, 0.717) is 0 Å². The van der Waals surface area contributed by atoms with Crippen LogP contribution < -0.4 is 0 Å². The van der Waals surface area contributed by atoms with Gasteiger partial charge in [-0.2, -0.15) is 13.2 Å². The summed E-state index contributed by atoms with van der Waals surface area (Å²) in [6.45, 7) is -0.694. The quantitative estimate of drug-likeness (QED) is 0.830. The largest absolute Gasteiger partial charge is 0.481 e. The van der Waals surface area contributed by atoms with Crippen molar-refractivity contribution in [2.24, 2.45) is 0 Å². The Labute approximate surface area is 96.8 Å². The van der Waals surface area contributed by atoms with E-state index in [4.69, 9.17) is 9.84 Å². The van der Waals surface area contributed by atoms with Gasteiger partial charge in [0.05, 0.1) is 26.2 Å². The van der Waals surface area contributed by atoms with Crippen LogP contribution in [0.25, 0.3) is 0 Å². The highest BCUT2D eigenvalue weighted by Crippen LogP contribution is 2.20. The van der Waals surface area contributed by atoms with E-state index in [2.05, 4.69) is 0 Å². The number of carboxylic acid groups (broad SMARTS) is 1. The lowest BCUT2D eigenvalue weighted by atomic mass is 10.1. The van der Waals surface area contributed by atoms with Crippen LogP contribution >= 0.6 is 12.4 Å². The minimum atomic E-state index is -4.30. The van der Waals surface area contributed by atoms with Crippen molar-refractivity contribution < 1.29 is 27.8 Å². The molecule has 0 spiro atoms. The SMILES string of the molecule is Cl.O=C(O)CC1COCCN1CC(F)(F)F. The Morgan fingerprint density at radius 1 is 1.50 bits per heavy atom. The highest BCUT2D eigenvalue weighted by molar-refractivity contribution is 5.85. The summed E-state index contributed by atoms with van der Waals surface area (Å²) in [5.41, 5.74) is 0. The fourth-order valence-electron chi connectivity index (χ4n) is 1.52. The summed E-state index contributed by atoms with van der Waals surface area (Å²) in [5.74, 6) is -1.11. The molecule has 1 N–H and O–H groups in total. The fraction of sp³-hybridized carbons (Fsp3) is 0.875. The lowest BCUT2D eigenvalue weighted by molar-refractivity contribution is -0.166. The first-order valence-electron chi connectivity index (χ1n) is 4.49. The number of halogens is 4. The summed E-state index contributed by atoms with van der Waals surface area (Å²) in [5, 5.41) is 8.52. The molecule has 0 amide bonds. The monoisotopic (exact) mass is 263 g/mol. The molecule has 1 aliphatic heterocycles. The van der Waals surface area contributed by atoms with Crippen LogP contribution in [0.3, 0.4) is 0 Å². The van der Waals surface area contributed by atoms with Crippen molar-refractivity contribution in [2.75, 3.05) is 26.3 Å². The molecular weight excluding hydrogens is 251 g/mol. The Hall–Kier alpha value is -0.530. The zero-order valence-corrected chi connectivity index (χ0v) is 9.18. The smallest absolute Gasteiger partial charge is 0.401 e. The van der Waals surface area contributed by atoms with Gasteiger partial charge in [0.25, 0.3) is 0 Å². The molecule has 1 heterocycles. The molecule has 8 heteroatoms. The summed E-state index contributed by atoms with van der Waals surface area (Å²) >= 11 is 0. The van der Waals surface area contributed by atoms with Crippen molar-refractivity contribution in [3.63, 3.8) is 0 Å². The second-order valence-corrected chi connectivity index (χ2v) is 3.41. The van der Waals surface area contributed by atoms with Gasteiger partial charge in [0.1, 0.15) is 0 Å². The Kier molecular flexibility index (Phi) is 6.06. The summed E-state index contributed by atoms with van der Waals surface area (Å²) < 4.78 is 41.3. The second-order valence-electron chi connectivity index (χ2n) is 3.41. The number of carbonyl (C=O) groups is 1. The molecule has 0 saturated carbocycles. The van der Waals surface area contributed by atoms with Crippen molar-refractivity contribution in [3.05, 3.63) is 0 Å². The molecule has 1 fully saturated rings. The van der Waals surface area contributed by atoms with E-state index in [0.717, 1.165) is 4.90 Å². The normalized spacial score (nSPS) is 22.6. The van der Waals surface area contributed by atoms with Crippen molar-refractivity contribution in [1.82, 2.24) is 4.90 Å². The van der Waals surface area contributed by atoms with Gasteiger partial charge in [-0.1, -0.05) is 0 Å². The van der Waals surface area contributed by atoms with Crippen LogP contribution in [0, 0.1) is 0 Å². The minimum absolute atomic E-state index is 0. The molecule has 1 unspecified atom stereocenters. The molecular formula is C8H13ClF3NO3. The number of ether oxygens (including phenoxy) is 1. The van der Waals surface area contributed by atoms with E-state index in [1.165, 1.54) is 0 Å². The molecule has 96 valence electrons. The first kappa shape index (κ1) is 15.5. The van der Waals surface area contributed by atoms with Crippen LogP contribution in [0.1, 0.15) is 6.42 Å². The van der Waals surface area contributed by atoms with E-state index < -0.39 is 24.7 Å². The molecule has 0 aliphatic carbocycles. The van der Waals surface area contributed by atoms with Crippen LogP contribution in [0.2, 0.25) is 0 Å². The van der Waals surface area contributed by atoms with Gasteiger partial charge in [-0.3, -0.25) is 9.69 Å². The number of hydrogen-bond donors (Lipinski definition) is 1. The summed E-state index contributed by atoms with van der Waals surface area (Å²) in [4.78, 5) is 11.5. The number of morpholine rings is 1. The van der Waals surface area contributed by atoms with Gasteiger partial charge in [0.2, 0.25) is 0 Å². The van der Waals surface area contributed by atoms with Crippen LogP contribution in [-0.4, -0.2) is 54.5 Å². The molecule has 1 saturated heterocycles. The Bertz CT molecular complexity index is 237. The lowest BCUT2D eigenvalue weighted by Crippen LogP contribution is -2.50. The lowest BCUT2D eigenvalue weighted by Gasteiger charge is -2.35. The third-order valence-corrected chi connectivity index (χ3v) is 2.14. The average Bonchev–Trinajstić information content (AvgIpc) is 2.05. The number of alkyl halides is 3. The number of aliphatic carboxylic acids is 1. The molecule has 0 aromatic rings. The summed E-state index contributed by atoms with van der Waals surface area (Å²) in [6, 6.07) is -0.683. The molecule has 16 heavy (non-hydrogen) atoms. The predicted octanol–water partition coefficient (Wildman–Crippen LogP) is 1.15. The maximum Gasteiger partial charge on any atom is 0.401 e. The number of carboxylic acids is 1. The Morgan fingerprint density at radius 2 is 2.12 bits per heavy atom. The van der Waals surface area contributed by atoms with Crippen molar-refractivity contribution in [3.8, 4) is 0 Å². The number of rotatable bonds is 3. The van der Waals surface area contributed by atoms with Crippen LogP contribution in [-0.2, 0) is 9.53 Å². The van der Waals surface area contributed by atoms with E-state index in [9.17, 15) is 18.0 Å². The van der Waals surface area contributed by atoms with Crippen LogP contribution in [0.15, 0.2) is 0 Å². The number of nitrogens with zero attached hydrogens (tertiary/aromatic N) is 1. The maximum absolute atomic E-state index is 12.1. The highest BCUT2D eigenvalue weighted by Gasteiger charge is 2.35. The minimum Gasteiger partial charge on any atom is -0.481 e. The Morgan fingerprint density at radius 3 is 2.62 bits per heavy atom. The summed E-state index contributed by atoms with van der Waals surface area (Å²) in [7, 11) is 0. The molecule has 0 radical (unpaired) electrons. The summed E-state index contributed by atoms with van der Waals surface area (Å²) in [6.07, 6.45) is -4.62. The highest BCUT2D eigenvalue weighted by atomic mass is 35.5. The van der Waals surface area contributed by atoms with Gasteiger partial charge in [0.15, 0.2) is 0 Å². The van der Waals surface area contributed by atoms with Crippen molar-refractivity contribution in [1.29, 1.82) is 0 Å². The van der Waals surface area contributed by atoms with Gasteiger partial charge in [-0.05, 0) is 0 Å². The fourth-order valence-corrected chi connectivity index (χ4v) is 1.52. The van der Waals surface area contributed by atoms with E-state index in [1.54, 1.807) is 0 Å².